The predicted molar refractivity (Wildman–Crippen MR) is 146 cm³/mol. The number of hydrogen-bond acceptors (Lipinski definition) is 4. The van der Waals surface area contributed by atoms with E-state index in [4.69, 9.17) is 0 Å². The molecule has 0 saturated carbocycles. The van der Waals surface area contributed by atoms with Crippen molar-refractivity contribution in [2.45, 2.75) is 58.4 Å². The fourth-order valence-corrected chi connectivity index (χ4v) is 5.67. The highest BCUT2D eigenvalue weighted by atomic mass is 16.1. The number of benzene rings is 2. The molecule has 190 valence electrons. The van der Waals surface area contributed by atoms with Gasteiger partial charge in [-0.1, -0.05) is 36.4 Å². The van der Waals surface area contributed by atoms with E-state index in [9.17, 15) is 4.79 Å². The number of rotatable bonds is 10. The van der Waals surface area contributed by atoms with Gasteiger partial charge in [0.1, 0.15) is 0 Å². The van der Waals surface area contributed by atoms with E-state index in [1.54, 1.807) is 0 Å². The van der Waals surface area contributed by atoms with Crippen molar-refractivity contribution in [1.29, 1.82) is 0 Å². The van der Waals surface area contributed by atoms with Gasteiger partial charge in [-0.3, -0.25) is 9.69 Å². The highest BCUT2D eigenvalue weighted by Gasteiger charge is 2.20. The van der Waals surface area contributed by atoms with Crippen LogP contribution in [0.4, 0.5) is 0 Å². The number of fused-ring (bicyclic) bond motifs is 1. The number of nitrogens with zero attached hydrogens (tertiary/aromatic N) is 3. The summed E-state index contributed by atoms with van der Waals surface area (Å²) in [5, 5.41) is 0. The molecule has 2 aromatic carbocycles. The fraction of sp³-hybridized carbons (Fsp3) is 0.581. The molecule has 2 heterocycles. The number of hydrogen-bond donors (Lipinski definition) is 0. The minimum absolute atomic E-state index is 0.332. The zero-order chi connectivity index (χ0) is 24.6. The number of carbonyl (C=O) groups is 1. The van der Waals surface area contributed by atoms with Crippen molar-refractivity contribution >= 4 is 5.78 Å². The van der Waals surface area contributed by atoms with Crippen molar-refractivity contribution < 1.29 is 4.79 Å². The summed E-state index contributed by atoms with van der Waals surface area (Å²) < 4.78 is 0. The molecule has 0 bridgehead atoms. The standard InChI is InChI=1S/C31H45N3O/c1-25-7-4-5-9-30(25)24-34-17-13-26(14-18-34)8-6-10-31(35)29-12-11-27-15-19-33(22-21-32(2)3)20-16-28(27)23-29/h4-5,7,9,11-12,23,26H,6,8,10,13-22,24H2,1-3H3. The number of likely N-dealkylation sites (tertiary alicyclic amines) is 1. The van der Waals surface area contributed by atoms with Crippen LogP contribution in [-0.4, -0.2) is 73.8 Å². The van der Waals surface area contributed by atoms with Crippen molar-refractivity contribution in [3.05, 3.63) is 70.3 Å². The molecule has 0 radical (unpaired) electrons. The van der Waals surface area contributed by atoms with Gasteiger partial charge in [-0.05, 0) is 107 Å². The third kappa shape index (κ3) is 7.73. The SMILES string of the molecule is Cc1ccccc1CN1CCC(CCCC(=O)c2ccc3c(c2)CCN(CCN(C)C)CC3)CC1. The van der Waals surface area contributed by atoms with Crippen molar-refractivity contribution in [1.82, 2.24) is 14.7 Å². The molecule has 0 aliphatic carbocycles. The molecule has 1 saturated heterocycles. The average molecular weight is 476 g/mol. The first-order valence-corrected chi connectivity index (χ1v) is 13.8. The highest BCUT2D eigenvalue weighted by molar-refractivity contribution is 5.96. The molecule has 0 aromatic heterocycles. The molecule has 2 aromatic rings. The largest absolute Gasteiger partial charge is 0.308 e. The smallest absolute Gasteiger partial charge is 0.162 e. The lowest BCUT2D eigenvalue weighted by atomic mass is 9.90. The van der Waals surface area contributed by atoms with Crippen molar-refractivity contribution in [3.63, 3.8) is 0 Å². The molecule has 4 rings (SSSR count). The van der Waals surface area contributed by atoms with Crippen LogP contribution < -0.4 is 0 Å². The lowest BCUT2D eigenvalue weighted by Crippen LogP contribution is -2.33. The Bertz CT molecular complexity index is 961. The number of ketones is 1. The van der Waals surface area contributed by atoms with E-state index < -0.39 is 0 Å². The molecule has 0 unspecified atom stereocenters. The van der Waals surface area contributed by atoms with E-state index >= 15 is 0 Å². The van der Waals surface area contributed by atoms with Gasteiger partial charge in [0.15, 0.2) is 5.78 Å². The Balaban J connectivity index is 1.18. The van der Waals surface area contributed by atoms with E-state index in [1.807, 2.05) is 0 Å². The van der Waals surface area contributed by atoms with E-state index in [-0.39, 0.29) is 0 Å². The van der Waals surface area contributed by atoms with Crippen molar-refractivity contribution in [2.24, 2.45) is 5.92 Å². The van der Waals surface area contributed by atoms with Gasteiger partial charge in [-0.2, -0.15) is 0 Å². The first-order chi connectivity index (χ1) is 17.0. The first-order valence-electron chi connectivity index (χ1n) is 13.8. The molecule has 4 nitrogen and oxygen atoms in total. The number of aryl methyl sites for hydroxylation is 1. The van der Waals surface area contributed by atoms with Gasteiger partial charge in [0.2, 0.25) is 0 Å². The summed E-state index contributed by atoms with van der Waals surface area (Å²) in [7, 11) is 4.28. The molecule has 35 heavy (non-hydrogen) atoms. The molecular weight excluding hydrogens is 430 g/mol. The third-order valence-corrected chi connectivity index (χ3v) is 8.16. The summed E-state index contributed by atoms with van der Waals surface area (Å²) in [6.45, 7) is 10.1. The Labute approximate surface area is 213 Å². The lowest BCUT2D eigenvalue weighted by Gasteiger charge is -2.32. The lowest BCUT2D eigenvalue weighted by molar-refractivity contribution is 0.0974. The topological polar surface area (TPSA) is 26.8 Å². The Hall–Kier alpha value is -2.01. The summed E-state index contributed by atoms with van der Waals surface area (Å²) in [4.78, 5) is 20.4. The van der Waals surface area contributed by atoms with Crippen molar-refractivity contribution in [3.8, 4) is 0 Å². The van der Waals surface area contributed by atoms with Gasteiger partial charge in [0, 0.05) is 44.7 Å². The van der Waals surface area contributed by atoms with Gasteiger partial charge < -0.3 is 9.80 Å². The van der Waals surface area contributed by atoms with E-state index in [2.05, 4.69) is 78.2 Å². The third-order valence-electron chi connectivity index (χ3n) is 8.16. The van der Waals surface area contributed by atoms with Crippen LogP contribution in [0.1, 0.15) is 64.7 Å². The fourth-order valence-electron chi connectivity index (χ4n) is 5.67. The van der Waals surface area contributed by atoms with E-state index in [0.717, 1.165) is 63.5 Å². The maximum absolute atomic E-state index is 13.0. The molecule has 4 heteroatoms. The number of Topliss-reactive ketones (excluding diaryl/α,β-unsaturated/α-hetero) is 1. The van der Waals surface area contributed by atoms with Gasteiger partial charge in [-0.25, -0.2) is 0 Å². The zero-order valence-electron chi connectivity index (χ0n) is 22.3. The number of piperidine rings is 1. The quantitative estimate of drug-likeness (QED) is 0.440. The second-order valence-electron chi connectivity index (χ2n) is 11.1. The van der Waals surface area contributed by atoms with Crippen LogP contribution in [0.25, 0.3) is 0 Å². The highest BCUT2D eigenvalue weighted by Crippen LogP contribution is 2.25. The maximum Gasteiger partial charge on any atom is 0.162 e. The minimum atomic E-state index is 0.332. The van der Waals surface area contributed by atoms with Crippen LogP contribution in [0.2, 0.25) is 0 Å². The van der Waals surface area contributed by atoms with Crippen LogP contribution in [-0.2, 0) is 19.4 Å². The van der Waals surface area contributed by atoms with Crippen LogP contribution in [0.5, 0.6) is 0 Å². The summed E-state index contributed by atoms with van der Waals surface area (Å²) in [6.07, 6.45) is 7.60. The summed E-state index contributed by atoms with van der Waals surface area (Å²) in [6, 6.07) is 15.3. The molecule has 0 atom stereocenters. The van der Waals surface area contributed by atoms with Crippen LogP contribution in [0, 0.1) is 12.8 Å². The molecule has 0 N–H and O–H groups in total. The van der Waals surface area contributed by atoms with Crippen molar-refractivity contribution in [2.75, 3.05) is 53.4 Å². The van der Waals surface area contributed by atoms with Crippen LogP contribution in [0.15, 0.2) is 42.5 Å². The molecule has 0 amide bonds. The number of likely N-dealkylation sites (N-methyl/N-ethyl adjacent to an activating group) is 1. The Morgan fingerprint density at radius 2 is 1.69 bits per heavy atom. The molecule has 2 aliphatic rings. The zero-order valence-corrected chi connectivity index (χ0v) is 22.3. The van der Waals surface area contributed by atoms with Gasteiger partial charge in [0.25, 0.3) is 0 Å². The predicted octanol–water partition coefficient (Wildman–Crippen LogP) is 5.22. The van der Waals surface area contributed by atoms with Gasteiger partial charge in [-0.15, -0.1) is 0 Å². The van der Waals surface area contributed by atoms with Gasteiger partial charge >= 0.3 is 0 Å². The Kier molecular flexibility index (Phi) is 9.53. The monoisotopic (exact) mass is 475 g/mol. The van der Waals surface area contributed by atoms with E-state index in [0.29, 0.717) is 12.2 Å². The first kappa shape index (κ1) is 26.1. The average Bonchev–Trinajstić information content (AvgIpc) is 3.07. The maximum atomic E-state index is 13.0. The summed E-state index contributed by atoms with van der Waals surface area (Å²) >= 11 is 0. The Morgan fingerprint density at radius 1 is 0.943 bits per heavy atom. The molecule has 2 aliphatic heterocycles. The normalized spacial score (nSPS) is 17.9. The minimum Gasteiger partial charge on any atom is -0.308 e. The molecular formula is C31H45N3O. The van der Waals surface area contributed by atoms with Crippen LogP contribution >= 0.6 is 0 Å². The summed E-state index contributed by atoms with van der Waals surface area (Å²) in [5.74, 6) is 1.11. The second-order valence-corrected chi connectivity index (χ2v) is 11.1. The summed E-state index contributed by atoms with van der Waals surface area (Å²) in [5.41, 5.74) is 6.61. The molecule has 0 spiro atoms. The second kappa shape index (κ2) is 12.8. The number of carbonyl (C=O) groups excluding carboxylic acids is 1. The van der Waals surface area contributed by atoms with Crippen LogP contribution in [0.3, 0.4) is 0 Å². The Morgan fingerprint density at radius 3 is 2.43 bits per heavy atom. The molecule has 1 fully saturated rings. The van der Waals surface area contributed by atoms with E-state index in [1.165, 1.54) is 54.6 Å². The van der Waals surface area contributed by atoms with Gasteiger partial charge in [0.05, 0.1) is 0 Å².